The maximum Gasteiger partial charge on any atom is 0.193 e. The molecule has 0 unspecified atom stereocenters. The van der Waals surface area contributed by atoms with Crippen molar-refractivity contribution in [2.24, 2.45) is 0 Å². The van der Waals surface area contributed by atoms with Gasteiger partial charge in [0.2, 0.25) is 0 Å². The van der Waals surface area contributed by atoms with Gasteiger partial charge in [0, 0.05) is 16.7 Å². The number of ketones is 2. The third-order valence-electron chi connectivity index (χ3n) is 6.58. The summed E-state index contributed by atoms with van der Waals surface area (Å²) in [4.78, 5) is 24.5. The number of ether oxygens (including phenoxy) is 1. The Morgan fingerprint density at radius 1 is 0.526 bits per heavy atom. The molecule has 0 N–H and O–H groups in total. The van der Waals surface area contributed by atoms with E-state index in [1.54, 1.807) is 19.1 Å². The van der Waals surface area contributed by atoms with Crippen molar-refractivity contribution >= 4 is 11.6 Å². The molecule has 3 heteroatoms. The van der Waals surface area contributed by atoms with Crippen LogP contribution in [0.3, 0.4) is 0 Å². The summed E-state index contributed by atoms with van der Waals surface area (Å²) in [6, 6.07) is 38.9. The van der Waals surface area contributed by atoms with Gasteiger partial charge in [-0.25, -0.2) is 0 Å². The molecule has 0 bridgehead atoms. The van der Waals surface area contributed by atoms with Crippen molar-refractivity contribution in [3.8, 4) is 22.6 Å². The Labute approximate surface area is 223 Å². The highest BCUT2D eigenvalue weighted by Gasteiger charge is 2.10. The number of carbonyl (C=O) groups excluding carboxylic acids is 2. The van der Waals surface area contributed by atoms with Crippen LogP contribution in [0.2, 0.25) is 0 Å². The number of Topliss-reactive ketones (excluding diaryl/α,β-unsaturated/α-hetero) is 1. The fraction of sp³-hybridized carbons (Fsp3) is 0.0857. The molecule has 5 aromatic rings. The van der Waals surface area contributed by atoms with E-state index >= 15 is 0 Å². The van der Waals surface area contributed by atoms with Crippen LogP contribution in [-0.2, 0) is 6.42 Å². The van der Waals surface area contributed by atoms with Gasteiger partial charge in [-0.1, -0.05) is 90.5 Å². The fourth-order valence-corrected chi connectivity index (χ4v) is 4.31. The largest absolute Gasteiger partial charge is 0.457 e. The van der Waals surface area contributed by atoms with E-state index in [-0.39, 0.29) is 11.6 Å². The Bertz CT molecular complexity index is 1540. The average Bonchev–Trinajstić information content (AvgIpc) is 2.95. The molecule has 5 aromatic carbocycles. The van der Waals surface area contributed by atoms with Crippen LogP contribution >= 0.6 is 0 Å². The smallest absolute Gasteiger partial charge is 0.193 e. The van der Waals surface area contributed by atoms with Crippen LogP contribution in [0.1, 0.15) is 49.9 Å². The van der Waals surface area contributed by atoms with Crippen LogP contribution in [0, 0.1) is 6.92 Å². The summed E-state index contributed by atoms with van der Waals surface area (Å²) in [6.07, 6.45) is 0.879. The van der Waals surface area contributed by atoms with E-state index in [2.05, 4.69) is 43.3 Å². The molecule has 38 heavy (non-hydrogen) atoms. The number of hydrogen-bond acceptors (Lipinski definition) is 3. The van der Waals surface area contributed by atoms with Crippen LogP contribution in [0.5, 0.6) is 11.5 Å². The molecule has 0 amide bonds. The summed E-state index contributed by atoms with van der Waals surface area (Å²) in [7, 11) is 0. The maximum atomic E-state index is 13.0. The number of aryl methyl sites for hydroxylation is 1. The van der Waals surface area contributed by atoms with E-state index in [4.69, 9.17) is 4.74 Å². The summed E-state index contributed by atoms with van der Waals surface area (Å²) < 4.78 is 6.00. The zero-order valence-corrected chi connectivity index (χ0v) is 21.5. The van der Waals surface area contributed by atoms with Crippen molar-refractivity contribution in [3.05, 3.63) is 155 Å². The molecule has 0 atom stereocenters. The van der Waals surface area contributed by atoms with Crippen LogP contribution < -0.4 is 4.74 Å². The lowest BCUT2D eigenvalue weighted by atomic mass is 9.98. The minimum Gasteiger partial charge on any atom is -0.457 e. The lowest BCUT2D eigenvalue weighted by molar-refractivity contribution is 0.101. The first-order valence-electron chi connectivity index (χ1n) is 12.6. The molecule has 5 rings (SSSR count). The molecule has 0 saturated heterocycles. The van der Waals surface area contributed by atoms with Gasteiger partial charge in [-0.2, -0.15) is 0 Å². The minimum absolute atomic E-state index is 0.0423. The zero-order chi connectivity index (χ0) is 26.5. The number of benzene rings is 5. The standard InChI is InChI=1S/C35H28O3/c1-24-3-5-26(6-4-24)23-27-7-19-33(20-8-27)38-34-21-17-32(18-22-34)35(37)31-15-13-30(14-16-31)29-11-9-28(10-12-29)25(2)36/h3-22H,23H2,1-2H3. The highest BCUT2D eigenvalue weighted by atomic mass is 16.5. The van der Waals surface area contributed by atoms with Crippen LogP contribution in [0.4, 0.5) is 0 Å². The Balaban J connectivity index is 1.21. The van der Waals surface area contributed by atoms with Crippen LogP contribution in [0.25, 0.3) is 11.1 Å². The highest BCUT2D eigenvalue weighted by Crippen LogP contribution is 2.25. The van der Waals surface area contributed by atoms with E-state index in [0.717, 1.165) is 23.3 Å². The Morgan fingerprint density at radius 3 is 1.39 bits per heavy atom. The first kappa shape index (κ1) is 24.9. The fourth-order valence-electron chi connectivity index (χ4n) is 4.31. The molecule has 3 nitrogen and oxygen atoms in total. The summed E-state index contributed by atoms with van der Waals surface area (Å²) in [5.74, 6) is 1.43. The molecule has 0 radical (unpaired) electrons. The first-order valence-corrected chi connectivity index (χ1v) is 12.6. The van der Waals surface area contributed by atoms with Gasteiger partial charge in [-0.15, -0.1) is 0 Å². The van der Waals surface area contributed by atoms with E-state index in [0.29, 0.717) is 22.4 Å². The molecule has 0 heterocycles. The topological polar surface area (TPSA) is 43.4 Å². The molecule has 0 aliphatic rings. The Kier molecular flexibility index (Phi) is 7.28. The van der Waals surface area contributed by atoms with Crippen molar-refractivity contribution in [1.29, 1.82) is 0 Å². The van der Waals surface area contributed by atoms with E-state index in [1.165, 1.54) is 16.7 Å². The van der Waals surface area contributed by atoms with Gasteiger partial charge in [0.05, 0.1) is 0 Å². The van der Waals surface area contributed by atoms with Crippen molar-refractivity contribution < 1.29 is 14.3 Å². The summed E-state index contributed by atoms with van der Waals surface area (Å²) >= 11 is 0. The molecular formula is C35H28O3. The summed E-state index contributed by atoms with van der Waals surface area (Å²) in [5.41, 5.74) is 7.66. The number of rotatable bonds is 8. The highest BCUT2D eigenvalue weighted by molar-refractivity contribution is 6.09. The maximum absolute atomic E-state index is 13.0. The average molecular weight is 497 g/mol. The van der Waals surface area contributed by atoms with Gasteiger partial charge in [0.15, 0.2) is 11.6 Å². The van der Waals surface area contributed by atoms with Crippen molar-refractivity contribution in [3.63, 3.8) is 0 Å². The molecule has 0 aromatic heterocycles. The Morgan fingerprint density at radius 2 is 0.921 bits per heavy atom. The third kappa shape index (κ3) is 5.96. The second-order valence-electron chi connectivity index (χ2n) is 9.47. The van der Waals surface area contributed by atoms with Crippen LogP contribution in [-0.4, -0.2) is 11.6 Å². The lowest BCUT2D eigenvalue weighted by Gasteiger charge is -2.09. The predicted octanol–water partition coefficient (Wildman–Crippen LogP) is 8.48. The van der Waals surface area contributed by atoms with Crippen molar-refractivity contribution in [2.45, 2.75) is 20.3 Å². The third-order valence-corrected chi connectivity index (χ3v) is 6.58. The van der Waals surface area contributed by atoms with E-state index in [9.17, 15) is 9.59 Å². The predicted molar refractivity (Wildman–Crippen MR) is 152 cm³/mol. The molecule has 186 valence electrons. The first-order chi connectivity index (χ1) is 18.4. The number of hydrogen-bond donors (Lipinski definition) is 0. The second kappa shape index (κ2) is 11.1. The van der Waals surface area contributed by atoms with Crippen molar-refractivity contribution in [2.75, 3.05) is 0 Å². The van der Waals surface area contributed by atoms with Gasteiger partial charge in [-0.05, 0) is 78.9 Å². The zero-order valence-electron chi connectivity index (χ0n) is 21.5. The molecule has 0 fully saturated rings. The van der Waals surface area contributed by atoms with Crippen LogP contribution in [0.15, 0.2) is 121 Å². The van der Waals surface area contributed by atoms with E-state index in [1.807, 2.05) is 72.8 Å². The van der Waals surface area contributed by atoms with Gasteiger partial charge in [0.25, 0.3) is 0 Å². The number of carbonyl (C=O) groups is 2. The van der Waals surface area contributed by atoms with Gasteiger partial charge < -0.3 is 4.74 Å². The van der Waals surface area contributed by atoms with Gasteiger partial charge >= 0.3 is 0 Å². The van der Waals surface area contributed by atoms with Gasteiger partial charge in [-0.3, -0.25) is 9.59 Å². The summed E-state index contributed by atoms with van der Waals surface area (Å²) in [6.45, 7) is 3.65. The van der Waals surface area contributed by atoms with E-state index < -0.39 is 0 Å². The molecule has 0 aliphatic carbocycles. The summed E-state index contributed by atoms with van der Waals surface area (Å²) in [5, 5.41) is 0. The molecular weight excluding hydrogens is 468 g/mol. The monoisotopic (exact) mass is 496 g/mol. The lowest BCUT2D eigenvalue weighted by Crippen LogP contribution is -2.01. The molecule has 0 aliphatic heterocycles. The second-order valence-corrected chi connectivity index (χ2v) is 9.47. The quantitative estimate of drug-likeness (QED) is 0.202. The molecule has 0 spiro atoms. The van der Waals surface area contributed by atoms with Crippen molar-refractivity contribution in [1.82, 2.24) is 0 Å². The Hall–Kier alpha value is -4.76. The minimum atomic E-state index is -0.0458. The van der Waals surface area contributed by atoms with Gasteiger partial charge in [0.1, 0.15) is 11.5 Å². The SMILES string of the molecule is CC(=O)c1ccc(-c2ccc(C(=O)c3ccc(Oc4ccc(Cc5ccc(C)cc5)cc4)cc3)cc2)cc1. The molecule has 0 saturated carbocycles. The normalized spacial score (nSPS) is 10.7.